The fraction of sp³-hybridized carbons (Fsp3) is 0.154. The van der Waals surface area contributed by atoms with Gasteiger partial charge in [-0.2, -0.15) is 10.2 Å². The number of halogens is 1. The summed E-state index contributed by atoms with van der Waals surface area (Å²) in [5, 5.41) is 13.4. The van der Waals surface area contributed by atoms with Gasteiger partial charge in [-0.25, -0.2) is 9.67 Å². The molecule has 176 valence electrons. The van der Waals surface area contributed by atoms with Gasteiger partial charge in [0.1, 0.15) is 12.3 Å². The van der Waals surface area contributed by atoms with Crippen molar-refractivity contribution in [2.45, 2.75) is 20.0 Å². The number of fused-ring (bicyclic) bond motifs is 1. The Hall–Kier alpha value is -4.17. The van der Waals surface area contributed by atoms with Crippen molar-refractivity contribution in [2.75, 3.05) is 12.4 Å². The van der Waals surface area contributed by atoms with E-state index in [1.807, 2.05) is 61.5 Å². The molecule has 0 saturated carbocycles. The van der Waals surface area contributed by atoms with E-state index >= 15 is 0 Å². The Morgan fingerprint density at radius 2 is 1.91 bits per heavy atom. The Morgan fingerprint density at radius 1 is 1.11 bits per heavy atom. The molecule has 0 saturated heterocycles. The average molecular weight is 487 g/mol. The number of hydrogen-bond acceptors (Lipinski definition) is 5. The molecule has 2 aromatic carbocycles. The van der Waals surface area contributed by atoms with Gasteiger partial charge in [-0.15, -0.1) is 0 Å². The zero-order valence-electron chi connectivity index (χ0n) is 19.3. The number of anilines is 1. The van der Waals surface area contributed by atoms with Crippen molar-refractivity contribution < 1.29 is 9.53 Å². The van der Waals surface area contributed by atoms with Crippen molar-refractivity contribution in [3.05, 3.63) is 89.5 Å². The molecule has 0 radical (unpaired) electrons. The van der Waals surface area contributed by atoms with Crippen LogP contribution >= 0.6 is 11.6 Å². The molecule has 3 heterocycles. The van der Waals surface area contributed by atoms with Crippen LogP contribution in [0.1, 0.15) is 11.3 Å². The van der Waals surface area contributed by atoms with Gasteiger partial charge in [0.15, 0.2) is 5.65 Å². The summed E-state index contributed by atoms with van der Waals surface area (Å²) in [6.45, 7) is 2.46. The van der Waals surface area contributed by atoms with Crippen LogP contribution in [0, 0.1) is 6.92 Å². The van der Waals surface area contributed by atoms with Gasteiger partial charge in [-0.1, -0.05) is 41.9 Å². The van der Waals surface area contributed by atoms with E-state index in [1.165, 1.54) is 0 Å². The molecule has 0 bridgehead atoms. The van der Waals surface area contributed by atoms with E-state index in [0.29, 0.717) is 22.9 Å². The van der Waals surface area contributed by atoms with E-state index in [-0.39, 0.29) is 12.5 Å². The lowest BCUT2D eigenvalue weighted by atomic mass is 10.0. The summed E-state index contributed by atoms with van der Waals surface area (Å²) in [4.78, 5) is 17.3. The van der Waals surface area contributed by atoms with E-state index < -0.39 is 0 Å². The van der Waals surface area contributed by atoms with Gasteiger partial charge in [-0.05, 0) is 47.9 Å². The molecule has 0 spiro atoms. The number of carbonyl (C=O) groups is 1. The summed E-state index contributed by atoms with van der Waals surface area (Å²) < 4.78 is 8.62. The Morgan fingerprint density at radius 3 is 2.69 bits per heavy atom. The molecule has 1 N–H and O–H groups in total. The first-order valence-corrected chi connectivity index (χ1v) is 11.4. The van der Waals surface area contributed by atoms with Crippen LogP contribution in [0.4, 0.5) is 5.69 Å². The van der Waals surface area contributed by atoms with E-state index in [2.05, 4.69) is 20.5 Å². The number of amides is 1. The van der Waals surface area contributed by atoms with Crippen LogP contribution in [0.3, 0.4) is 0 Å². The second-order valence-corrected chi connectivity index (χ2v) is 8.50. The van der Waals surface area contributed by atoms with Crippen LogP contribution in [0.15, 0.2) is 73.2 Å². The monoisotopic (exact) mass is 486 g/mol. The number of aryl methyl sites for hydroxylation is 1. The molecule has 1 amide bonds. The Balaban J connectivity index is 1.33. The van der Waals surface area contributed by atoms with Gasteiger partial charge in [0.05, 0.1) is 31.2 Å². The molecule has 8 nitrogen and oxygen atoms in total. The lowest BCUT2D eigenvalue weighted by molar-refractivity contribution is -0.116. The molecule has 5 aromatic rings. The minimum Gasteiger partial charge on any atom is -0.497 e. The molecule has 3 aromatic heterocycles. The third-order valence-corrected chi connectivity index (χ3v) is 6.08. The van der Waals surface area contributed by atoms with Crippen LogP contribution in [-0.4, -0.2) is 37.6 Å². The van der Waals surface area contributed by atoms with Gasteiger partial charge in [0.2, 0.25) is 5.91 Å². The lowest BCUT2D eigenvalue weighted by Crippen LogP contribution is -2.19. The van der Waals surface area contributed by atoms with Gasteiger partial charge in [0, 0.05) is 22.8 Å². The minimum atomic E-state index is -0.219. The molecule has 0 aliphatic heterocycles. The Kier molecular flexibility index (Phi) is 6.20. The van der Waals surface area contributed by atoms with Crippen LogP contribution < -0.4 is 10.1 Å². The number of benzene rings is 2. The highest BCUT2D eigenvalue weighted by Gasteiger charge is 2.16. The Labute approximate surface area is 207 Å². The van der Waals surface area contributed by atoms with Crippen LogP contribution in [0.2, 0.25) is 5.02 Å². The van der Waals surface area contributed by atoms with Crippen LogP contribution in [0.25, 0.3) is 22.2 Å². The number of nitrogens with zero attached hydrogens (tertiary/aromatic N) is 5. The molecule has 0 aliphatic carbocycles. The van der Waals surface area contributed by atoms with Gasteiger partial charge >= 0.3 is 0 Å². The zero-order chi connectivity index (χ0) is 24.4. The fourth-order valence-electron chi connectivity index (χ4n) is 4.06. The van der Waals surface area contributed by atoms with Gasteiger partial charge in [0.25, 0.3) is 0 Å². The second kappa shape index (κ2) is 9.60. The molecule has 0 aliphatic rings. The largest absolute Gasteiger partial charge is 0.497 e. The number of carbonyl (C=O) groups excluding carboxylic acids is 1. The summed E-state index contributed by atoms with van der Waals surface area (Å²) in [7, 11) is 1.64. The molecule has 0 atom stereocenters. The maximum absolute atomic E-state index is 12.8. The number of aromatic nitrogens is 5. The summed E-state index contributed by atoms with van der Waals surface area (Å²) in [6.07, 6.45) is 5.12. The van der Waals surface area contributed by atoms with Crippen molar-refractivity contribution in [1.82, 2.24) is 24.5 Å². The van der Waals surface area contributed by atoms with Crippen LogP contribution in [-0.2, 0) is 17.9 Å². The first-order valence-electron chi connectivity index (χ1n) is 11.0. The maximum Gasteiger partial charge on any atom is 0.246 e. The summed E-state index contributed by atoms with van der Waals surface area (Å²) in [5.74, 6) is 0.571. The van der Waals surface area contributed by atoms with E-state index in [9.17, 15) is 4.79 Å². The van der Waals surface area contributed by atoms with E-state index in [0.717, 1.165) is 33.5 Å². The maximum atomic E-state index is 12.8. The van der Waals surface area contributed by atoms with Gasteiger partial charge in [-0.3, -0.25) is 9.48 Å². The average Bonchev–Trinajstić information content (AvgIpc) is 3.44. The number of pyridine rings is 1. The highest BCUT2D eigenvalue weighted by atomic mass is 35.5. The van der Waals surface area contributed by atoms with Crippen molar-refractivity contribution in [3.63, 3.8) is 0 Å². The highest BCUT2D eigenvalue weighted by Crippen LogP contribution is 2.31. The standard InChI is InChI=1S/C26H23ClN6O2/c1-17-25-22(18-7-9-21(35-2)10-8-18)11-12-28-26(25)33(31-17)16-24(34)30-20-13-29-32(15-20)14-19-5-3-4-6-23(19)27/h3-13,15H,14,16H2,1-2H3,(H,30,34). The number of rotatable bonds is 7. The van der Waals surface area contributed by atoms with Crippen LogP contribution in [0.5, 0.6) is 5.75 Å². The predicted molar refractivity (Wildman–Crippen MR) is 136 cm³/mol. The van der Waals surface area contributed by atoms with Crippen molar-refractivity contribution in [2.24, 2.45) is 0 Å². The fourth-order valence-corrected chi connectivity index (χ4v) is 4.25. The molecule has 35 heavy (non-hydrogen) atoms. The second-order valence-electron chi connectivity index (χ2n) is 8.09. The molecule has 0 unspecified atom stereocenters. The van der Waals surface area contributed by atoms with Crippen molar-refractivity contribution in [1.29, 1.82) is 0 Å². The summed E-state index contributed by atoms with van der Waals surface area (Å²) in [6, 6.07) is 17.4. The number of nitrogens with one attached hydrogen (secondary N) is 1. The lowest BCUT2D eigenvalue weighted by Gasteiger charge is -2.07. The third-order valence-electron chi connectivity index (χ3n) is 5.71. The quantitative estimate of drug-likeness (QED) is 0.351. The molecular formula is C26H23ClN6O2. The van der Waals surface area contributed by atoms with E-state index in [4.69, 9.17) is 16.3 Å². The van der Waals surface area contributed by atoms with Gasteiger partial charge < -0.3 is 10.1 Å². The molecule has 0 fully saturated rings. The summed E-state index contributed by atoms with van der Waals surface area (Å²) in [5.41, 5.74) is 5.04. The van der Waals surface area contributed by atoms with E-state index in [1.54, 1.807) is 35.1 Å². The number of hydrogen-bond donors (Lipinski definition) is 1. The zero-order valence-corrected chi connectivity index (χ0v) is 20.0. The number of ether oxygens (including phenoxy) is 1. The topological polar surface area (TPSA) is 86.9 Å². The number of methoxy groups -OCH3 is 1. The highest BCUT2D eigenvalue weighted by molar-refractivity contribution is 6.31. The van der Waals surface area contributed by atoms with Crippen molar-refractivity contribution in [3.8, 4) is 16.9 Å². The molecular weight excluding hydrogens is 464 g/mol. The minimum absolute atomic E-state index is 0.0269. The molecule has 9 heteroatoms. The molecule has 5 rings (SSSR count). The Bertz CT molecular complexity index is 1510. The smallest absolute Gasteiger partial charge is 0.246 e. The van der Waals surface area contributed by atoms with Crippen molar-refractivity contribution >= 4 is 34.2 Å². The first kappa shape index (κ1) is 22.6. The predicted octanol–water partition coefficient (Wildman–Crippen LogP) is 4.95. The normalized spacial score (nSPS) is 11.1. The third kappa shape index (κ3) is 4.74. The summed E-state index contributed by atoms with van der Waals surface area (Å²) >= 11 is 6.24. The SMILES string of the molecule is COc1ccc(-c2ccnc3c2c(C)nn3CC(=O)Nc2cnn(Cc3ccccc3Cl)c2)cc1. The first-order chi connectivity index (χ1) is 17.0.